The summed E-state index contributed by atoms with van der Waals surface area (Å²) in [6, 6.07) is 11.0. The Hall–Kier alpha value is -1.55. The van der Waals surface area contributed by atoms with Gasteiger partial charge in [0.05, 0.1) is 5.02 Å². The van der Waals surface area contributed by atoms with Crippen molar-refractivity contribution in [2.45, 2.75) is 6.10 Å². The number of aliphatic hydroxyl groups excluding tert-OH is 1. The van der Waals surface area contributed by atoms with Crippen molar-refractivity contribution in [2.24, 2.45) is 0 Å². The second-order valence-electron chi connectivity index (χ2n) is 4.38. The van der Waals surface area contributed by atoms with Gasteiger partial charge in [0.25, 0.3) is 0 Å². The highest BCUT2D eigenvalue weighted by Crippen LogP contribution is 2.33. The van der Waals surface area contributed by atoms with Gasteiger partial charge in [0.1, 0.15) is 17.7 Å². The Morgan fingerprint density at radius 1 is 1.10 bits per heavy atom. The van der Waals surface area contributed by atoms with Gasteiger partial charge in [0.2, 0.25) is 0 Å². The van der Waals surface area contributed by atoms with E-state index < -0.39 is 11.9 Å². The third-order valence-electron chi connectivity index (χ3n) is 3.04. The predicted octanol–water partition coefficient (Wildman–Crippen LogP) is 4.96. The van der Waals surface area contributed by atoms with E-state index in [9.17, 15) is 9.50 Å². The first-order valence-corrected chi connectivity index (χ1v) is 6.63. The lowest BCUT2D eigenvalue weighted by atomic mass is 10.1. The van der Waals surface area contributed by atoms with Crippen LogP contribution in [0.2, 0.25) is 10.0 Å². The molecular weight excluding hydrogens is 302 g/mol. The predicted molar refractivity (Wildman–Crippen MR) is 76.7 cm³/mol. The Morgan fingerprint density at radius 2 is 1.90 bits per heavy atom. The SMILES string of the molecule is OC(c1cc2cccc(Cl)c2o1)c1ccc(Cl)cc1F. The minimum atomic E-state index is -1.21. The van der Waals surface area contributed by atoms with Crippen LogP contribution in [-0.2, 0) is 0 Å². The first kappa shape index (κ1) is 13.4. The number of benzene rings is 2. The summed E-state index contributed by atoms with van der Waals surface area (Å²) in [5.41, 5.74) is 0.571. The highest BCUT2D eigenvalue weighted by molar-refractivity contribution is 6.34. The third-order valence-corrected chi connectivity index (χ3v) is 3.57. The topological polar surface area (TPSA) is 33.4 Å². The number of hydrogen-bond acceptors (Lipinski definition) is 2. The summed E-state index contributed by atoms with van der Waals surface area (Å²) < 4.78 is 19.3. The number of furan rings is 1. The van der Waals surface area contributed by atoms with E-state index in [0.29, 0.717) is 10.6 Å². The largest absolute Gasteiger partial charge is 0.456 e. The number of rotatable bonds is 2. The van der Waals surface area contributed by atoms with Crippen LogP contribution in [0.1, 0.15) is 17.4 Å². The quantitative estimate of drug-likeness (QED) is 0.725. The average molecular weight is 311 g/mol. The zero-order chi connectivity index (χ0) is 14.3. The minimum absolute atomic E-state index is 0.101. The number of halogens is 3. The average Bonchev–Trinajstić information content (AvgIpc) is 2.83. The van der Waals surface area contributed by atoms with E-state index in [4.69, 9.17) is 27.6 Å². The maximum Gasteiger partial charge on any atom is 0.153 e. The molecule has 20 heavy (non-hydrogen) atoms. The van der Waals surface area contributed by atoms with Gasteiger partial charge in [-0.2, -0.15) is 0 Å². The van der Waals surface area contributed by atoms with Crippen molar-refractivity contribution in [3.63, 3.8) is 0 Å². The van der Waals surface area contributed by atoms with Crippen molar-refractivity contribution in [1.82, 2.24) is 0 Å². The Bertz CT molecular complexity index is 783. The van der Waals surface area contributed by atoms with Crippen LogP contribution in [0.5, 0.6) is 0 Å². The van der Waals surface area contributed by atoms with E-state index in [1.807, 2.05) is 0 Å². The number of fused-ring (bicyclic) bond motifs is 1. The number of para-hydroxylation sites is 1. The van der Waals surface area contributed by atoms with E-state index in [2.05, 4.69) is 0 Å². The van der Waals surface area contributed by atoms with Crippen LogP contribution in [0.15, 0.2) is 46.9 Å². The fourth-order valence-corrected chi connectivity index (χ4v) is 2.44. The maximum absolute atomic E-state index is 13.8. The zero-order valence-electron chi connectivity index (χ0n) is 10.1. The van der Waals surface area contributed by atoms with Gasteiger partial charge in [-0.25, -0.2) is 4.39 Å². The van der Waals surface area contributed by atoms with Gasteiger partial charge >= 0.3 is 0 Å². The van der Waals surface area contributed by atoms with Crippen LogP contribution in [0, 0.1) is 5.82 Å². The summed E-state index contributed by atoms with van der Waals surface area (Å²) in [4.78, 5) is 0. The summed E-state index contributed by atoms with van der Waals surface area (Å²) >= 11 is 11.7. The number of aliphatic hydroxyl groups is 1. The molecule has 2 aromatic carbocycles. The lowest BCUT2D eigenvalue weighted by Gasteiger charge is -2.09. The van der Waals surface area contributed by atoms with Gasteiger partial charge in [0, 0.05) is 16.0 Å². The highest BCUT2D eigenvalue weighted by atomic mass is 35.5. The molecule has 0 spiro atoms. The highest BCUT2D eigenvalue weighted by Gasteiger charge is 2.20. The second-order valence-corrected chi connectivity index (χ2v) is 5.22. The Labute approximate surface area is 124 Å². The molecule has 3 aromatic rings. The molecule has 0 aliphatic heterocycles. The lowest BCUT2D eigenvalue weighted by molar-refractivity contribution is 0.187. The Balaban J connectivity index is 2.08. The first-order valence-electron chi connectivity index (χ1n) is 5.87. The summed E-state index contributed by atoms with van der Waals surface area (Å²) in [5.74, 6) is -0.356. The van der Waals surface area contributed by atoms with E-state index >= 15 is 0 Å². The molecular formula is C15H9Cl2FO2. The van der Waals surface area contributed by atoms with Gasteiger partial charge in [-0.05, 0) is 24.3 Å². The molecule has 1 atom stereocenters. The zero-order valence-corrected chi connectivity index (χ0v) is 11.6. The van der Waals surface area contributed by atoms with Crippen molar-refractivity contribution in [3.05, 3.63) is 69.7 Å². The molecule has 0 aliphatic carbocycles. The minimum Gasteiger partial charge on any atom is -0.456 e. The van der Waals surface area contributed by atoms with Gasteiger partial charge < -0.3 is 9.52 Å². The van der Waals surface area contributed by atoms with Crippen LogP contribution in [0.4, 0.5) is 4.39 Å². The van der Waals surface area contributed by atoms with E-state index in [0.717, 1.165) is 11.5 Å². The molecule has 0 radical (unpaired) electrons. The first-order chi connectivity index (χ1) is 9.56. The molecule has 0 saturated heterocycles. The van der Waals surface area contributed by atoms with Crippen molar-refractivity contribution >= 4 is 34.2 Å². The molecule has 102 valence electrons. The maximum atomic E-state index is 13.8. The van der Waals surface area contributed by atoms with Gasteiger partial charge in [-0.15, -0.1) is 0 Å². The van der Waals surface area contributed by atoms with Crippen LogP contribution in [-0.4, -0.2) is 5.11 Å². The van der Waals surface area contributed by atoms with Crippen molar-refractivity contribution in [3.8, 4) is 0 Å². The molecule has 5 heteroatoms. The Morgan fingerprint density at radius 3 is 2.60 bits per heavy atom. The summed E-state index contributed by atoms with van der Waals surface area (Å²) in [6.45, 7) is 0. The molecule has 1 unspecified atom stereocenters. The monoisotopic (exact) mass is 310 g/mol. The molecule has 1 aromatic heterocycles. The van der Waals surface area contributed by atoms with Crippen molar-refractivity contribution in [1.29, 1.82) is 0 Å². The molecule has 3 rings (SSSR count). The lowest BCUT2D eigenvalue weighted by Crippen LogP contribution is -2.01. The van der Waals surface area contributed by atoms with E-state index in [1.165, 1.54) is 12.1 Å². The molecule has 0 aliphatic rings. The standard InChI is InChI=1S/C15H9Cl2FO2/c16-9-4-5-10(12(18)7-9)14(19)13-6-8-2-1-3-11(17)15(8)20-13/h1-7,14,19H. The smallest absolute Gasteiger partial charge is 0.153 e. The van der Waals surface area contributed by atoms with Crippen LogP contribution in [0.3, 0.4) is 0 Å². The van der Waals surface area contributed by atoms with Gasteiger partial charge in [0.15, 0.2) is 5.58 Å². The van der Waals surface area contributed by atoms with Gasteiger partial charge in [-0.1, -0.05) is 41.4 Å². The van der Waals surface area contributed by atoms with E-state index in [1.54, 1.807) is 24.3 Å². The summed E-state index contributed by atoms with van der Waals surface area (Å²) in [5, 5.41) is 11.7. The normalized spacial score (nSPS) is 12.8. The number of hydrogen-bond donors (Lipinski definition) is 1. The molecule has 1 N–H and O–H groups in total. The Kier molecular flexibility index (Phi) is 3.42. The fourth-order valence-electron chi connectivity index (χ4n) is 2.06. The molecule has 1 heterocycles. The fraction of sp³-hybridized carbons (Fsp3) is 0.0667. The molecule has 0 fully saturated rings. The van der Waals surface area contributed by atoms with Crippen molar-refractivity contribution in [2.75, 3.05) is 0 Å². The molecule has 0 amide bonds. The van der Waals surface area contributed by atoms with Crippen LogP contribution in [0.25, 0.3) is 11.0 Å². The molecule has 0 saturated carbocycles. The summed E-state index contributed by atoms with van der Waals surface area (Å²) in [7, 11) is 0. The molecule has 2 nitrogen and oxygen atoms in total. The second kappa shape index (κ2) is 5.09. The van der Waals surface area contributed by atoms with Crippen LogP contribution < -0.4 is 0 Å². The third kappa shape index (κ3) is 2.29. The van der Waals surface area contributed by atoms with Crippen LogP contribution >= 0.6 is 23.2 Å². The van der Waals surface area contributed by atoms with Gasteiger partial charge in [-0.3, -0.25) is 0 Å². The molecule has 0 bridgehead atoms. The van der Waals surface area contributed by atoms with E-state index in [-0.39, 0.29) is 16.3 Å². The summed E-state index contributed by atoms with van der Waals surface area (Å²) in [6.07, 6.45) is -1.21. The van der Waals surface area contributed by atoms with Crippen molar-refractivity contribution < 1.29 is 13.9 Å².